The number of nitrogens with zero attached hydrogens (tertiary/aromatic N) is 2. The summed E-state index contributed by atoms with van der Waals surface area (Å²) in [4.78, 5) is 18.3. The predicted molar refractivity (Wildman–Crippen MR) is 171 cm³/mol. The second-order valence-corrected chi connectivity index (χ2v) is 11.9. The molecule has 1 amide bonds. The van der Waals surface area contributed by atoms with Crippen LogP contribution in [0.5, 0.6) is 0 Å². The fourth-order valence-corrected chi connectivity index (χ4v) is 6.03. The van der Waals surface area contributed by atoms with Crippen molar-refractivity contribution in [3.63, 3.8) is 0 Å². The van der Waals surface area contributed by atoms with E-state index in [9.17, 15) is 4.79 Å². The third kappa shape index (κ3) is 9.05. The van der Waals surface area contributed by atoms with Crippen molar-refractivity contribution in [1.29, 1.82) is 0 Å². The van der Waals surface area contributed by atoms with Crippen LogP contribution in [0.2, 0.25) is 0 Å². The van der Waals surface area contributed by atoms with Gasteiger partial charge in [-0.3, -0.25) is 9.69 Å². The van der Waals surface area contributed by atoms with Gasteiger partial charge in [-0.1, -0.05) is 67.6 Å². The minimum atomic E-state index is -0.0104. The van der Waals surface area contributed by atoms with Gasteiger partial charge >= 0.3 is 0 Å². The second-order valence-electron chi connectivity index (χ2n) is 11.9. The van der Waals surface area contributed by atoms with E-state index < -0.39 is 0 Å². The number of piperidine rings is 1. The minimum Gasteiger partial charge on any atom is -0.381 e. The maximum Gasteiger partial charge on any atom is 0.259 e. The van der Waals surface area contributed by atoms with Gasteiger partial charge in [0.2, 0.25) is 0 Å². The van der Waals surface area contributed by atoms with Gasteiger partial charge in [-0.15, -0.1) is 6.58 Å². The van der Waals surface area contributed by atoms with Crippen molar-refractivity contribution in [3.05, 3.63) is 90.3 Å². The van der Waals surface area contributed by atoms with E-state index >= 15 is 0 Å². The zero-order valence-electron chi connectivity index (χ0n) is 26.1. The molecule has 2 heterocycles. The molecule has 2 saturated heterocycles. The molecule has 0 aromatic heterocycles. The first-order chi connectivity index (χ1) is 19.7. The molecule has 0 bridgehead atoms. The Hall–Kier alpha value is -2.89. The zero-order chi connectivity index (χ0) is 29.8. The van der Waals surface area contributed by atoms with Crippen LogP contribution in [0.25, 0.3) is 5.57 Å². The van der Waals surface area contributed by atoms with E-state index in [2.05, 4.69) is 62.7 Å². The van der Waals surface area contributed by atoms with Crippen molar-refractivity contribution < 1.29 is 14.3 Å². The summed E-state index contributed by atoms with van der Waals surface area (Å²) in [7, 11) is 1.88. The Kier molecular flexibility index (Phi) is 12.7. The van der Waals surface area contributed by atoms with E-state index in [-0.39, 0.29) is 11.3 Å². The number of likely N-dealkylation sites (N-methyl/N-ethyl adjacent to an activating group) is 1. The highest BCUT2D eigenvalue weighted by atomic mass is 16.5. The summed E-state index contributed by atoms with van der Waals surface area (Å²) in [6.45, 7) is 22.6. The van der Waals surface area contributed by atoms with Gasteiger partial charge in [-0.25, -0.2) is 0 Å². The summed E-state index contributed by atoms with van der Waals surface area (Å²) in [5.41, 5.74) is 5.41. The Morgan fingerprint density at radius 2 is 1.88 bits per heavy atom. The SMILES string of the molecule is C=C/C=C(\N1CCC2(CC1)CO[C@@H](C)C2)N(C)C(=O)/C(=C(\C)CC=C)c1ccc(CCC(=C)CCOCCC)cc1. The molecular formula is C36H52N2O3. The fraction of sp³-hybridized carbons (Fsp3) is 0.528. The maximum atomic E-state index is 14.1. The molecule has 0 radical (unpaired) electrons. The van der Waals surface area contributed by atoms with Gasteiger partial charge in [0.1, 0.15) is 5.82 Å². The topological polar surface area (TPSA) is 42.0 Å². The lowest BCUT2D eigenvalue weighted by atomic mass is 9.77. The van der Waals surface area contributed by atoms with E-state index in [0.717, 1.165) is 100 Å². The zero-order valence-corrected chi connectivity index (χ0v) is 26.1. The highest BCUT2D eigenvalue weighted by Crippen LogP contribution is 2.42. The van der Waals surface area contributed by atoms with Crippen LogP contribution in [0.1, 0.15) is 76.8 Å². The fourth-order valence-electron chi connectivity index (χ4n) is 6.03. The van der Waals surface area contributed by atoms with Crippen LogP contribution >= 0.6 is 0 Å². The Bertz CT molecular complexity index is 1110. The average Bonchev–Trinajstić information content (AvgIpc) is 3.33. The third-order valence-corrected chi connectivity index (χ3v) is 8.51. The van der Waals surface area contributed by atoms with E-state index in [1.807, 2.05) is 26.1 Å². The Balaban J connectivity index is 1.72. The van der Waals surface area contributed by atoms with E-state index in [1.54, 1.807) is 11.0 Å². The van der Waals surface area contributed by atoms with Crippen molar-refractivity contribution in [2.24, 2.45) is 5.41 Å². The molecule has 1 aromatic rings. The number of hydrogen-bond acceptors (Lipinski definition) is 4. The number of allylic oxidation sites excluding steroid dienone is 4. The molecule has 5 heteroatoms. The lowest BCUT2D eigenvalue weighted by molar-refractivity contribution is -0.123. The number of aryl methyl sites for hydroxylation is 1. The summed E-state index contributed by atoms with van der Waals surface area (Å²) < 4.78 is 11.5. The molecule has 5 nitrogen and oxygen atoms in total. The molecule has 0 N–H and O–H groups in total. The first-order valence-electron chi connectivity index (χ1n) is 15.3. The summed E-state index contributed by atoms with van der Waals surface area (Å²) in [5, 5.41) is 0. The number of rotatable bonds is 15. The largest absolute Gasteiger partial charge is 0.381 e. The van der Waals surface area contributed by atoms with Crippen molar-refractivity contribution in [3.8, 4) is 0 Å². The van der Waals surface area contributed by atoms with Gasteiger partial charge in [0, 0.05) is 32.3 Å². The quantitative estimate of drug-likeness (QED) is 0.0953. The number of carbonyl (C=O) groups is 1. The third-order valence-electron chi connectivity index (χ3n) is 8.51. The second kappa shape index (κ2) is 15.9. The number of amides is 1. The summed E-state index contributed by atoms with van der Waals surface area (Å²) in [6.07, 6.45) is 13.7. The summed E-state index contributed by atoms with van der Waals surface area (Å²) >= 11 is 0. The number of benzene rings is 1. The smallest absolute Gasteiger partial charge is 0.259 e. The lowest BCUT2D eigenvalue weighted by Crippen LogP contribution is -2.44. The monoisotopic (exact) mass is 560 g/mol. The minimum absolute atomic E-state index is 0.0104. The first-order valence-corrected chi connectivity index (χ1v) is 15.3. The molecule has 3 rings (SSSR count). The molecule has 2 fully saturated rings. The van der Waals surface area contributed by atoms with E-state index in [1.165, 1.54) is 11.1 Å². The molecule has 1 aromatic carbocycles. The van der Waals surface area contributed by atoms with Crippen LogP contribution in [0.4, 0.5) is 0 Å². The predicted octanol–water partition coefficient (Wildman–Crippen LogP) is 7.72. The molecule has 2 aliphatic heterocycles. The van der Waals surface area contributed by atoms with Crippen LogP contribution in [-0.2, 0) is 20.7 Å². The molecule has 0 unspecified atom stereocenters. The normalized spacial score (nSPS) is 19.2. The summed E-state index contributed by atoms with van der Waals surface area (Å²) in [6, 6.07) is 8.44. The van der Waals surface area contributed by atoms with Crippen LogP contribution < -0.4 is 0 Å². The van der Waals surface area contributed by atoms with Crippen molar-refractivity contribution >= 4 is 11.5 Å². The van der Waals surface area contributed by atoms with Gasteiger partial charge in [-0.05, 0) is 87.8 Å². The standard InChI is InChI=1S/C36H52N2O3/c1-8-11-29(5)34(32-17-15-31(16-18-32)14-13-28(4)19-25-40-24-10-3)35(39)37(7)33(12-9-2)38-22-20-36(21-23-38)26-30(6)41-27-36/h8-9,12,15-18,30H,1-2,4,10-11,13-14,19-27H2,3,5-7H3/b33-12-,34-29+/t30-/m0/s1. The van der Waals surface area contributed by atoms with E-state index in [0.29, 0.717) is 12.5 Å². The number of hydrogen-bond donors (Lipinski definition) is 0. The van der Waals surface area contributed by atoms with E-state index in [4.69, 9.17) is 9.47 Å². The number of ether oxygens (including phenoxy) is 2. The first kappa shape index (κ1) is 32.6. The number of likely N-dealkylation sites (tertiary alicyclic amines) is 1. The van der Waals surface area contributed by atoms with Gasteiger partial charge in [0.15, 0.2) is 0 Å². The van der Waals surface area contributed by atoms with Gasteiger partial charge in [0.05, 0.1) is 19.3 Å². The highest BCUT2D eigenvalue weighted by molar-refractivity contribution is 6.20. The van der Waals surface area contributed by atoms with Crippen molar-refractivity contribution in [2.75, 3.05) is 40.0 Å². The Morgan fingerprint density at radius 3 is 2.46 bits per heavy atom. The average molecular weight is 561 g/mol. The lowest BCUT2D eigenvalue weighted by Gasteiger charge is -2.42. The molecule has 1 atom stereocenters. The van der Waals surface area contributed by atoms with Crippen LogP contribution in [-0.4, -0.2) is 61.8 Å². The number of carbonyl (C=O) groups excluding carboxylic acids is 1. The molecular weight excluding hydrogens is 508 g/mol. The molecule has 224 valence electrons. The molecule has 0 saturated carbocycles. The molecule has 1 spiro atoms. The Labute approximate surface area is 249 Å². The molecule has 41 heavy (non-hydrogen) atoms. The van der Waals surface area contributed by atoms with Gasteiger partial charge in [0.25, 0.3) is 5.91 Å². The van der Waals surface area contributed by atoms with Crippen molar-refractivity contribution in [2.45, 2.75) is 78.2 Å². The van der Waals surface area contributed by atoms with Crippen molar-refractivity contribution in [1.82, 2.24) is 9.80 Å². The molecule has 2 aliphatic rings. The molecule has 0 aliphatic carbocycles. The Morgan fingerprint density at radius 1 is 1.17 bits per heavy atom. The highest BCUT2D eigenvalue weighted by Gasteiger charge is 2.41. The van der Waals surface area contributed by atoms with Crippen LogP contribution in [0, 0.1) is 5.41 Å². The summed E-state index contributed by atoms with van der Waals surface area (Å²) in [5.74, 6) is 0.887. The van der Waals surface area contributed by atoms with Crippen LogP contribution in [0.15, 0.2) is 79.2 Å². The maximum absolute atomic E-state index is 14.1. The van der Waals surface area contributed by atoms with Crippen LogP contribution in [0.3, 0.4) is 0 Å². The van der Waals surface area contributed by atoms with Gasteiger partial charge < -0.3 is 14.4 Å². The van der Waals surface area contributed by atoms with Gasteiger partial charge in [-0.2, -0.15) is 0 Å².